The van der Waals surface area contributed by atoms with Crippen molar-refractivity contribution >= 4 is 0 Å². The molecule has 2 aliphatic rings. The van der Waals surface area contributed by atoms with Crippen molar-refractivity contribution < 1.29 is 22.6 Å². The summed E-state index contributed by atoms with van der Waals surface area (Å²) in [5.74, 6) is 0.237. The van der Waals surface area contributed by atoms with E-state index in [1.165, 1.54) is 18.9 Å². The summed E-state index contributed by atoms with van der Waals surface area (Å²) in [4.78, 5) is 2.49. The number of rotatable bonds is 7. The lowest BCUT2D eigenvalue weighted by Gasteiger charge is -2.33. The van der Waals surface area contributed by atoms with E-state index in [9.17, 15) is 13.2 Å². The van der Waals surface area contributed by atoms with Gasteiger partial charge in [-0.05, 0) is 30.5 Å². The average Bonchev–Trinajstić information content (AvgIpc) is 3.38. The van der Waals surface area contributed by atoms with Gasteiger partial charge in [-0.3, -0.25) is 4.90 Å². The van der Waals surface area contributed by atoms with Crippen molar-refractivity contribution in [3.8, 4) is 5.75 Å². The van der Waals surface area contributed by atoms with E-state index in [4.69, 9.17) is 9.47 Å². The van der Waals surface area contributed by atoms with Crippen molar-refractivity contribution in [3.05, 3.63) is 29.8 Å². The Hall–Kier alpha value is -1.31. The lowest BCUT2D eigenvalue weighted by molar-refractivity contribution is -0.153. The molecule has 0 bridgehead atoms. The second-order valence-corrected chi connectivity index (χ2v) is 6.40. The van der Waals surface area contributed by atoms with Crippen LogP contribution in [0.2, 0.25) is 0 Å². The third kappa shape index (κ3) is 5.65. The number of hydrogen-bond acceptors (Lipinski definition) is 4. The maximum Gasteiger partial charge on any atom is 0.422 e. The minimum absolute atomic E-state index is 0.170. The van der Waals surface area contributed by atoms with E-state index in [1.54, 1.807) is 12.1 Å². The predicted molar refractivity (Wildman–Crippen MR) is 84.0 cm³/mol. The summed E-state index contributed by atoms with van der Waals surface area (Å²) in [6, 6.07) is 7.49. The molecule has 0 radical (unpaired) electrons. The second kappa shape index (κ2) is 7.72. The van der Waals surface area contributed by atoms with E-state index in [0.717, 1.165) is 37.8 Å². The molecule has 1 heterocycles. The van der Waals surface area contributed by atoms with Crippen LogP contribution in [0.25, 0.3) is 0 Å². The number of morpholine rings is 1. The van der Waals surface area contributed by atoms with Crippen molar-refractivity contribution in [1.82, 2.24) is 10.2 Å². The van der Waals surface area contributed by atoms with E-state index in [0.29, 0.717) is 6.54 Å². The van der Waals surface area contributed by atoms with Crippen LogP contribution in [0.5, 0.6) is 5.75 Å². The number of hydrogen-bond donors (Lipinski definition) is 1. The molecule has 0 amide bonds. The van der Waals surface area contributed by atoms with E-state index < -0.39 is 12.8 Å². The summed E-state index contributed by atoms with van der Waals surface area (Å²) in [5.41, 5.74) is 0.893. The van der Waals surface area contributed by atoms with Crippen molar-refractivity contribution in [3.63, 3.8) is 0 Å². The van der Waals surface area contributed by atoms with Crippen LogP contribution in [-0.4, -0.2) is 56.1 Å². The van der Waals surface area contributed by atoms with Crippen LogP contribution >= 0.6 is 0 Å². The van der Waals surface area contributed by atoms with Gasteiger partial charge >= 0.3 is 6.18 Å². The maximum absolute atomic E-state index is 12.2. The summed E-state index contributed by atoms with van der Waals surface area (Å²) in [6.45, 7) is 2.77. The van der Waals surface area contributed by atoms with Gasteiger partial charge in [-0.15, -0.1) is 0 Å². The third-order valence-corrected chi connectivity index (χ3v) is 4.24. The Bertz CT molecular complexity index is 535. The summed E-state index contributed by atoms with van der Waals surface area (Å²) < 4.78 is 47.1. The van der Waals surface area contributed by atoms with Crippen molar-refractivity contribution in [1.29, 1.82) is 0 Å². The number of nitrogens with zero attached hydrogens (tertiary/aromatic N) is 1. The lowest BCUT2D eigenvalue weighted by atomic mass is 10.2. The zero-order chi connectivity index (χ0) is 17.0. The molecule has 2 fully saturated rings. The first-order valence-electron chi connectivity index (χ1n) is 8.34. The summed E-state index contributed by atoms with van der Waals surface area (Å²) in [5, 5.41) is 3.32. The Morgan fingerprint density at radius 2 is 2.12 bits per heavy atom. The molecule has 0 aromatic heterocycles. The smallest absolute Gasteiger partial charge is 0.422 e. The molecule has 3 rings (SSSR count). The fourth-order valence-electron chi connectivity index (χ4n) is 2.92. The molecule has 1 atom stereocenters. The standard InChI is InChI=1S/C17H23F3N2O2/c18-17(19,20)12-24-15-3-1-2-13(8-15)9-21-10-16-11-22(6-7-23-16)14-4-5-14/h1-3,8,14,16,21H,4-7,9-12H2. The Morgan fingerprint density at radius 3 is 2.88 bits per heavy atom. The first-order chi connectivity index (χ1) is 11.5. The highest BCUT2D eigenvalue weighted by Gasteiger charge is 2.32. The van der Waals surface area contributed by atoms with Crippen LogP contribution in [0.3, 0.4) is 0 Å². The fraction of sp³-hybridized carbons (Fsp3) is 0.647. The van der Waals surface area contributed by atoms with Gasteiger partial charge < -0.3 is 14.8 Å². The lowest BCUT2D eigenvalue weighted by Crippen LogP contribution is -2.47. The largest absolute Gasteiger partial charge is 0.484 e. The van der Waals surface area contributed by atoms with E-state index >= 15 is 0 Å². The molecule has 1 unspecified atom stereocenters. The molecule has 1 aliphatic carbocycles. The number of nitrogens with one attached hydrogen (secondary N) is 1. The summed E-state index contributed by atoms with van der Waals surface area (Å²) in [6.07, 6.45) is -1.56. The van der Waals surface area contributed by atoms with Crippen molar-refractivity contribution in [2.24, 2.45) is 0 Å². The van der Waals surface area contributed by atoms with Gasteiger partial charge in [0.2, 0.25) is 0 Å². The minimum atomic E-state index is -4.32. The van der Waals surface area contributed by atoms with E-state index in [-0.39, 0.29) is 11.9 Å². The molecule has 1 saturated carbocycles. The maximum atomic E-state index is 12.2. The molecule has 1 saturated heterocycles. The normalized spacial score (nSPS) is 22.5. The van der Waals surface area contributed by atoms with Crippen LogP contribution in [0, 0.1) is 0 Å². The molecule has 134 valence electrons. The highest BCUT2D eigenvalue weighted by molar-refractivity contribution is 5.28. The van der Waals surface area contributed by atoms with Crippen LogP contribution in [0.15, 0.2) is 24.3 Å². The molecule has 1 N–H and O–H groups in total. The Labute approximate surface area is 139 Å². The van der Waals surface area contributed by atoms with Crippen LogP contribution in [-0.2, 0) is 11.3 Å². The van der Waals surface area contributed by atoms with Gasteiger partial charge in [-0.2, -0.15) is 13.2 Å². The monoisotopic (exact) mass is 344 g/mol. The fourth-order valence-corrected chi connectivity index (χ4v) is 2.92. The Balaban J connectivity index is 1.41. The number of benzene rings is 1. The van der Waals surface area contributed by atoms with Gasteiger partial charge in [0.15, 0.2) is 6.61 Å². The molecule has 1 aromatic rings. The zero-order valence-corrected chi connectivity index (χ0v) is 13.5. The van der Waals surface area contributed by atoms with Crippen molar-refractivity contribution in [2.75, 3.05) is 32.8 Å². The number of alkyl halides is 3. The second-order valence-electron chi connectivity index (χ2n) is 6.40. The predicted octanol–water partition coefficient (Wildman–Crippen LogP) is 2.58. The molecule has 0 spiro atoms. The van der Waals surface area contributed by atoms with Crippen LogP contribution in [0.4, 0.5) is 13.2 Å². The Kier molecular flexibility index (Phi) is 5.63. The van der Waals surface area contributed by atoms with Gasteiger partial charge in [-0.1, -0.05) is 12.1 Å². The molecule has 1 aromatic carbocycles. The topological polar surface area (TPSA) is 33.7 Å². The van der Waals surface area contributed by atoms with Gasteiger partial charge in [0, 0.05) is 32.2 Å². The van der Waals surface area contributed by atoms with Crippen LogP contribution < -0.4 is 10.1 Å². The highest BCUT2D eigenvalue weighted by Crippen LogP contribution is 2.28. The summed E-state index contributed by atoms with van der Waals surface area (Å²) >= 11 is 0. The van der Waals surface area contributed by atoms with Gasteiger partial charge in [0.25, 0.3) is 0 Å². The summed E-state index contributed by atoms with van der Waals surface area (Å²) in [7, 11) is 0. The third-order valence-electron chi connectivity index (χ3n) is 4.24. The molecule has 24 heavy (non-hydrogen) atoms. The first kappa shape index (κ1) is 17.5. The number of halogens is 3. The first-order valence-corrected chi connectivity index (χ1v) is 8.34. The van der Waals surface area contributed by atoms with Gasteiger partial charge in [-0.25, -0.2) is 0 Å². The van der Waals surface area contributed by atoms with Crippen molar-refractivity contribution in [2.45, 2.75) is 37.7 Å². The van der Waals surface area contributed by atoms with E-state index in [1.807, 2.05) is 6.07 Å². The quantitative estimate of drug-likeness (QED) is 0.824. The molecule has 7 heteroatoms. The molecular weight excluding hydrogens is 321 g/mol. The molecule has 1 aliphatic heterocycles. The van der Waals surface area contributed by atoms with Gasteiger partial charge in [0.05, 0.1) is 12.7 Å². The van der Waals surface area contributed by atoms with Gasteiger partial charge in [0.1, 0.15) is 5.75 Å². The average molecular weight is 344 g/mol. The number of ether oxygens (including phenoxy) is 2. The SMILES string of the molecule is FC(F)(F)COc1cccc(CNCC2CN(C3CC3)CCO2)c1. The van der Waals surface area contributed by atoms with Crippen LogP contribution in [0.1, 0.15) is 18.4 Å². The molecular formula is C17H23F3N2O2. The molecule has 4 nitrogen and oxygen atoms in total. The zero-order valence-electron chi connectivity index (χ0n) is 13.5. The minimum Gasteiger partial charge on any atom is -0.484 e. The highest BCUT2D eigenvalue weighted by atomic mass is 19.4. The van der Waals surface area contributed by atoms with E-state index in [2.05, 4.69) is 10.2 Å². The Morgan fingerprint density at radius 1 is 1.29 bits per heavy atom.